The van der Waals surface area contributed by atoms with Crippen molar-refractivity contribution in [3.63, 3.8) is 0 Å². The highest BCUT2D eigenvalue weighted by Gasteiger charge is 2.19. The van der Waals surface area contributed by atoms with E-state index in [1.165, 1.54) is 18.2 Å². The van der Waals surface area contributed by atoms with Crippen molar-refractivity contribution >= 4 is 38.2 Å². The number of halogens is 1. The number of carbonyl (C=O) groups excluding carboxylic acids is 1. The molecule has 0 aliphatic carbocycles. The molecule has 4 rings (SSSR count). The van der Waals surface area contributed by atoms with Gasteiger partial charge in [-0.15, -0.1) is 0 Å². The second-order valence-corrected chi connectivity index (χ2v) is 8.61. The molecule has 4 aromatic rings. The van der Waals surface area contributed by atoms with Gasteiger partial charge in [0.05, 0.1) is 22.3 Å². The van der Waals surface area contributed by atoms with E-state index in [4.69, 9.17) is 0 Å². The van der Waals surface area contributed by atoms with E-state index in [-0.39, 0.29) is 16.1 Å². The Morgan fingerprint density at radius 3 is 2.45 bits per heavy atom. The van der Waals surface area contributed by atoms with Crippen LogP contribution in [0.4, 0.5) is 15.8 Å². The number of nitrogens with zero attached hydrogens (tertiary/aromatic N) is 1. The third-order valence-electron chi connectivity index (χ3n) is 4.68. The molecular weight excluding hydrogens is 417 g/mol. The number of hydrogen-bond acceptors (Lipinski definition) is 4. The van der Waals surface area contributed by atoms with E-state index in [2.05, 4.69) is 15.0 Å². The first-order valence-corrected chi connectivity index (χ1v) is 10.9. The van der Waals surface area contributed by atoms with Gasteiger partial charge in [0.1, 0.15) is 5.82 Å². The first-order chi connectivity index (χ1) is 14.8. The Morgan fingerprint density at radius 1 is 0.935 bits per heavy atom. The number of nitrogens with one attached hydrogen (secondary N) is 2. The van der Waals surface area contributed by atoms with Crippen LogP contribution >= 0.6 is 0 Å². The van der Waals surface area contributed by atoms with Gasteiger partial charge in [0.25, 0.3) is 15.9 Å². The molecule has 0 bridgehead atoms. The number of pyridine rings is 1. The van der Waals surface area contributed by atoms with Gasteiger partial charge in [0.2, 0.25) is 0 Å². The zero-order valence-corrected chi connectivity index (χ0v) is 17.3. The van der Waals surface area contributed by atoms with E-state index in [1.54, 1.807) is 31.3 Å². The van der Waals surface area contributed by atoms with Crippen LogP contribution in [0.1, 0.15) is 15.9 Å². The first-order valence-electron chi connectivity index (χ1n) is 9.37. The lowest BCUT2D eigenvalue weighted by Crippen LogP contribution is -2.17. The van der Waals surface area contributed by atoms with E-state index in [1.807, 2.05) is 24.3 Å². The maximum atomic E-state index is 13.1. The fraction of sp³-hybridized carbons (Fsp3) is 0.0435. The highest BCUT2D eigenvalue weighted by molar-refractivity contribution is 7.92. The van der Waals surface area contributed by atoms with E-state index >= 15 is 0 Å². The summed E-state index contributed by atoms with van der Waals surface area (Å²) in [4.78, 5) is 17.0. The second kappa shape index (κ2) is 8.16. The summed E-state index contributed by atoms with van der Waals surface area (Å²) >= 11 is 0. The molecule has 2 N–H and O–H groups in total. The van der Waals surface area contributed by atoms with Crippen LogP contribution in [-0.4, -0.2) is 19.3 Å². The van der Waals surface area contributed by atoms with Crippen molar-refractivity contribution in [3.05, 3.63) is 95.9 Å². The second-order valence-electron chi connectivity index (χ2n) is 6.96. The summed E-state index contributed by atoms with van der Waals surface area (Å²) in [7, 11) is -3.98. The molecule has 0 aliphatic rings. The number of aryl methyl sites for hydroxylation is 1. The lowest BCUT2D eigenvalue weighted by Gasteiger charge is -2.12. The van der Waals surface area contributed by atoms with Crippen LogP contribution in [0.15, 0.2) is 83.9 Å². The minimum atomic E-state index is -3.98. The van der Waals surface area contributed by atoms with Gasteiger partial charge in [-0.3, -0.25) is 14.5 Å². The molecule has 0 saturated carbocycles. The highest BCUT2D eigenvalue weighted by atomic mass is 32.2. The normalized spacial score (nSPS) is 11.3. The Balaban J connectivity index is 1.60. The number of carbonyl (C=O) groups is 1. The third kappa shape index (κ3) is 4.54. The van der Waals surface area contributed by atoms with Crippen molar-refractivity contribution < 1.29 is 17.6 Å². The predicted octanol–water partition coefficient (Wildman–Crippen LogP) is 4.74. The van der Waals surface area contributed by atoms with Gasteiger partial charge in [-0.05, 0) is 61.0 Å². The average Bonchev–Trinajstić information content (AvgIpc) is 2.75. The molecule has 0 fully saturated rings. The Morgan fingerprint density at radius 2 is 1.68 bits per heavy atom. The number of aromatic nitrogens is 1. The van der Waals surface area contributed by atoms with Crippen molar-refractivity contribution in [2.45, 2.75) is 11.8 Å². The molecule has 31 heavy (non-hydrogen) atoms. The van der Waals surface area contributed by atoms with Crippen molar-refractivity contribution in [2.75, 3.05) is 10.0 Å². The molecule has 6 nitrogen and oxygen atoms in total. The van der Waals surface area contributed by atoms with Crippen LogP contribution in [0.5, 0.6) is 0 Å². The summed E-state index contributed by atoms with van der Waals surface area (Å²) in [5, 5.41) is 3.62. The molecule has 1 amide bonds. The fourth-order valence-electron chi connectivity index (χ4n) is 3.10. The third-order valence-corrected chi connectivity index (χ3v) is 6.21. The number of para-hydroxylation sites is 1. The van der Waals surface area contributed by atoms with E-state index in [9.17, 15) is 17.6 Å². The molecule has 1 aromatic heterocycles. The number of hydrogen-bond donors (Lipinski definition) is 2. The Labute approximate surface area is 178 Å². The molecule has 8 heteroatoms. The summed E-state index contributed by atoms with van der Waals surface area (Å²) in [6.07, 6.45) is 1.54. The zero-order valence-electron chi connectivity index (χ0n) is 16.5. The summed E-state index contributed by atoms with van der Waals surface area (Å²) < 4.78 is 41.2. The monoisotopic (exact) mass is 435 g/mol. The van der Waals surface area contributed by atoms with Crippen LogP contribution in [0, 0.1) is 12.7 Å². The fourth-order valence-corrected chi connectivity index (χ4v) is 4.43. The molecule has 0 spiro atoms. The minimum absolute atomic E-state index is 0.0406. The van der Waals surface area contributed by atoms with Crippen molar-refractivity contribution in [1.82, 2.24) is 4.98 Å². The molecule has 0 saturated heterocycles. The molecule has 1 heterocycles. The summed E-state index contributed by atoms with van der Waals surface area (Å²) in [6.45, 7) is 1.63. The van der Waals surface area contributed by atoms with Crippen LogP contribution in [0.3, 0.4) is 0 Å². The predicted molar refractivity (Wildman–Crippen MR) is 118 cm³/mol. The number of amides is 1. The zero-order chi connectivity index (χ0) is 22.0. The van der Waals surface area contributed by atoms with E-state index in [0.29, 0.717) is 11.3 Å². The number of benzene rings is 3. The average molecular weight is 435 g/mol. The molecule has 0 radical (unpaired) electrons. The van der Waals surface area contributed by atoms with Gasteiger partial charge in [-0.25, -0.2) is 12.8 Å². The van der Waals surface area contributed by atoms with E-state index < -0.39 is 21.7 Å². The van der Waals surface area contributed by atoms with Crippen LogP contribution in [0.2, 0.25) is 0 Å². The van der Waals surface area contributed by atoms with Crippen molar-refractivity contribution in [1.29, 1.82) is 0 Å². The van der Waals surface area contributed by atoms with Gasteiger partial charge in [0, 0.05) is 16.6 Å². The topological polar surface area (TPSA) is 88.2 Å². The van der Waals surface area contributed by atoms with Gasteiger partial charge >= 0.3 is 0 Å². The number of sulfonamides is 1. The lowest BCUT2D eigenvalue weighted by molar-refractivity contribution is 0.102. The molecule has 3 aromatic carbocycles. The largest absolute Gasteiger partial charge is 0.321 e. The number of fused-ring (bicyclic) bond motifs is 1. The maximum Gasteiger partial charge on any atom is 0.262 e. The molecular formula is C23H18FN3O3S. The first kappa shape index (κ1) is 20.5. The Kier molecular flexibility index (Phi) is 5.39. The van der Waals surface area contributed by atoms with Gasteiger partial charge in [-0.1, -0.05) is 24.3 Å². The molecule has 0 aliphatic heterocycles. The summed E-state index contributed by atoms with van der Waals surface area (Å²) in [5.41, 5.74) is 2.17. The number of rotatable bonds is 5. The number of anilines is 2. The lowest BCUT2D eigenvalue weighted by atomic mass is 10.1. The molecule has 156 valence electrons. The van der Waals surface area contributed by atoms with Crippen LogP contribution < -0.4 is 10.0 Å². The molecule has 0 unspecified atom stereocenters. The minimum Gasteiger partial charge on any atom is -0.321 e. The van der Waals surface area contributed by atoms with Gasteiger partial charge in [-0.2, -0.15) is 0 Å². The summed E-state index contributed by atoms with van der Waals surface area (Å²) in [6, 6.07) is 18.7. The quantitative estimate of drug-likeness (QED) is 0.474. The maximum absolute atomic E-state index is 13.1. The highest BCUT2D eigenvalue weighted by Crippen LogP contribution is 2.22. The standard InChI is InChI=1S/C23H18FN3O3S/c1-15-6-7-17(13-22(15)31(29,30)27-19-10-8-18(24)9-11-19)23(28)26-20-12-16-4-2-3-5-21(16)25-14-20/h2-14,27H,1H3,(H,26,28). The van der Waals surface area contributed by atoms with Crippen molar-refractivity contribution in [3.8, 4) is 0 Å². The van der Waals surface area contributed by atoms with Gasteiger partial charge in [0.15, 0.2) is 0 Å². The smallest absolute Gasteiger partial charge is 0.262 e. The van der Waals surface area contributed by atoms with Crippen LogP contribution in [-0.2, 0) is 10.0 Å². The SMILES string of the molecule is Cc1ccc(C(=O)Nc2cnc3ccccc3c2)cc1S(=O)(=O)Nc1ccc(F)cc1. The Bertz CT molecular complexity index is 1390. The summed E-state index contributed by atoms with van der Waals surface area (Å²) in [5.74, 6) is -0.934. The van der Waals surface area contributed by atoms with Crippen LogP contribution in [0.25, 0.3) is 10.9 Å². The van der Waals surface area contributed by atoms with E-state index in [0.717, 1.165) is 23.0 Å². The Hall–Kier alpha value is -3.78. The molecule has 0 atom stereocenters. The van der Waals surface area contributed by atoms with Crippen molar-refractivity contribution in [2.24, 2.45) is 0 Å². The van der Waals surface area contributed by atoms with Gasteiger partial charge < -0.3 is 5.32 Å².